The summed E-state index contributed by atoms with van der Waals surface area (Å²) in [5.41, 5.74) is 6.01. The van der Waals surface area contributed by atoms with Gasteiger partial charge in [-0.25, -0.2) is 14.7 Å². The summed E-state index contributed by atoms with van der Waals surface area (Å²) >= 11 is 1.73. The number of pyridine rings is 1. The largest absolute Gasteiger partial charge is 0.237 e. The molecule has 0 amide bonds. The molecule has 0 bridgehead atoms. The predicted octanol–water partition coefficient (Wildman–Crippen LogP) is 6.83. The van der Waals surface area contributed by atoms with E-state index in [-0.39, 0.29) is 0 Å². The Bertz CT molecular complexity index is 1330. The summed E-state index contributed by atoms with van der Waals surface area (Å²) in [6, 6.07) is 34.8. The summed E-state index contributed by atoms with van der Waals surface area (Å²) in [5, 5.41) is 4.56. The summed E-state index contributed by atoms with van der Waals surface area (Å²) in [5.74, 6) is 0.653. The van der Waals surface area contributed by atoms with Crippen molar-refractivity contribution in [1.82, 2.24) is 14.8 Å². The molecule has 5 aromatic rings. The Hall–Kier alpha value is -3.96. The number of hydrogen-bond donors (Lipinski definition) is 0. The van der Waals surface area contributed by atoms with Crippen molar-refractivity contribution < 1.29 is 0 Å². The maximum Gasteiger partial charge on any atom is 0.153 e. The molecule has 160 valence electrons. The Labute approximate surface area is 197 Å². The molecule has 5 rings (SSSR count). The van der Waals surface area contributed by atoms with Crippen LogP contribution in [0.3, 0.4) is 0 Å². The lowest BCUT2D eigenvalue weighted by Gasteiger charge is -2.10. The molecule has 0 spiro atoms. The lowest BCUT2D eigenvalue weighted by atomic mass is 10.0. The fourth-order valence-corrected chi connectivity index (χ4v) is 4.10. The summed E-state index contributed by atoms with van der Waals surface area (Å²) in [6.07, 6.45) is 5.70. The van der Waals surface area contributed by atoms with E-state index in [0.717, 1.165) is 33.8 Å². The van der Waals surface area contributed by atoms with E-state index < -0.39 is 0 Å². The van der Waals surface area contributed by atoms with Gasteiger partial charge in [0.2, 0.25) is 0 Å². The maximum absolute atomic E-state index is 4.97. The topological polar surface area (TPSA) is 43.1 Å². The minimum absolute atomic E-state index is 0.653. The molecule has 0 saturated heterocycles. The third kappa shape index (κ3) is 4.64. The van der Waals surface area contributed by atoms with Gasteiger partial charge in [-0.1, -0.05) is 60.7 Å². The number of rotatable bonds is 6. The summed E-state index contributed by atoms with van der Waals surface area (Å²) in [7, 11) is 0. The highest BCUT2D eigenvalue weighted by atomic mass is 32.2. The fraction of sp³-hybridized carbons (Fsp3) is 0.0357. The van der Waals surface area contributed by atoms with Gasteiger partial charge < -0.3 is 0 Å². The highest BCUT2D eigenvalue weighted by molar-refractivity contribution is 7.98. The third-order valence-corrected chi connectivity index (χ3v) is 6.07. The predicted molar refractivity (Wildman–Crippen MR) is 137 cm³/mol. The summed E-state index contributed by atoms with van der Waals surface area (Å²) < 4.78 is 1.95. The van der Waals surface area contributed by atoms with E-state index >= 15 is 0 Å². The average Bonchev–Trinajstić information content (AvgIpc) is 3.39. The Kier molecular flexibility index (Phi) is 6.13. The summed E-state index contributed by atoms with van der Waals surface area (Å²) in [6.45, 7) is 0. The van der Waals surface area contributed by atoms with E-state index in [9.17, 15) is 0 Å². The zero-order valence-electron chi connectivity index (χ0n) is 18.2. The van der Waals surface area contributed by atoms with Crippen LogP contribution in [0.1, 0.15) is 11.1 Å². The molecule has 5 heteroatoms. The molecule has 2 heterocycles. The van der Waals surface area contributed by atoms with Crippen LogP contribution in [0.4, 0.5) is 5.82 Å². The van der Waals surface area contributed by atoms with Gasteiger partial charge in [0.05, 0.1) is 23.3 Å². The van der Waals surface area contributed by atoms with Crippen molar-refractivity contribution in [3.63, 3.8) is 0 Å². The second kappa shape index (κ2) is 9.67. The molecule has 2 aromatic heterocycles. The second-order valence-corrected chi connectivity index (χ2v) is 8.30. The Morgan fingerprint density at radius 2 is 1.42 bits per heavy atom. The van der Waals surface area contributed by atoms with Gasteiger partial charge in [0.15, 0.2) is 5.82 Å². The molecular weight excluding hydrogens is 424 g/mol. The van der Waals surface area contributed by atoms with Gasteiger partial charge in [0, 0.05) is 27.8 Å². The summed E-state index contributed by atoms with van der Waals surface area (Å²) in [4.78, 5) is 10.7. The molecule has 0 atom stereocenters. The molecule has 0 aliphatic heterocycles. The molecule has 33 heavy (non-hydrogen) atoms. The van der Waals surface area contributed by atoms with Crippen LogP contribution in [0.15, 0.2) is 125 Å². The van der Waals surface area contributed by atoms with Crippen LogP contribution >= 0.6 is 11.8 Å². The molecule has 0 unspecified atom stereocenters. The number of thioether (sulfide) groups is 1. The van der Waals surface area contributed by atoms with Gasteiger partial charge in [-0.15, -0.1) is 11.8 Å². The van der Waals surface area contributed by atoms with Crippen molar-refractivity contribution in [1.29, 1.82) is 0 Å². The van der Waals surface area contributed by atoms with Crippen LogP contribution in [0.25, 0.3) is 16.9 Å². The first-order valence-corrected chi connectivity index (χ1v) is 11.9. The van der Waals surface area contributed by atoms with Crippen LogP contribution in [0, 0.1) is 0 Å². The van der Waals surface area contributed by atoms with Crippen molar-refractivity contribution in [2.75, 3.05) is 6.26 Å². The van der Waals surface area contributed by atoms with Gasteiger partial charge >= 0.3 is 0 Å². The van der Waals surface area contributed by atoms with E-state index in [4.69, 9.17) is 4.99 Å². The van der Waals surface area contributed by atoms with Crippen molar-refractivity contribution >= 4 is 23.3 Å². The van der Waals surface area contributed by atoms with Gasteiger partial charge in [-0.05, 0) is 48.7 Å². The minimum atomic E-state index is 0.653. The molecule has 3 aromatic carbocycles. The standard InChI is InChI=1S/C28H22N4S/c1-33-25-14-12-24(13-15-25)32-26(17-19-30-32)23-16-18-29-27(20-23)31-28(21-8-4-2-5-9-21)22-10-6-3-7-11-22/h2-20H,1H3. The van der Waals surface area contributed by atoms with E-state index in [2.05, 4.69) is 64.9 Å². The average molecular weight is 447 g/mol. The van der Waals surface area contributed by atoms with Crippen LogP contribution in [-0.2, 0) is 0 Å². The zero-order valence-corrected chi connectivity index (χ0v) is 19.0. The Balaban J connectivity index is 1.56. The van der Waals surface area contributed by atoms with E-state index in [1.807, 2.05) is 65.5 Å². The smallest absolute Gasteiger partial charge is 0.153 e. The van der Waals surface area contributed by atoms with E-state index in [0.29, 0.717) is 5.82 Å². The monoisotopic (exact) mass is 446 g/mol. The van der Waals surface area contributed by atoms with Crippen LogP contribution in [0.2, 0.25) is 0 Å². The first kappa shape index (κ1) is 20.9. The number of aliphatic imine (C=N–C) groups is 1. The molecule has 0 N–H and O–H groups in total. The lowest BCUT2D eigenvalue weighted by Crippen LogP contribution is -2.03. The van der Waals surface area contributed by atoms with Crippen molar-refractivity contribution in [3.05, 3.63) is 127 Å². The van der Waals surface area contributed by atoms with Crippen molar-refractivity contribution in [3.8, 4) is 16.9 Å². The SMILES string of the molecule is CSc1ccc(-n2nccc2-c2ccnc(N=C(c3ccccc3)c3ccccc3)c2)cc1. The first-order valence-electron chi connectivity index (χ1n) is 10.7. The van der Waals surface area contributed by atoms with Gasteiger partial charge in [0.25, 0.3) is 0 Å². The number of hydrogen-bond acceptors (Lipinski definition) is 4. The Morgan fingerprint density at radius 1 is 0.758 bits per heavy atom. The lowest BCUT2D eigenvalue weighted by molar-refractivity contribution is 0.886. The van der Waals surface area contributed by atoms with Crippen LogP contribution in [0.5, 0.6) is 0 Å². The van der Waals surface area contributed by atoms with E-state index in [1.165, 1.54) is 4.90 Å². The van der Waals surface area contributed by atoms with Crippen LogP contribution in [-0.4, -0.2) is 26.7 Å². The van der Waals surface area contributed by atoms with Crippen molar-refractivity contribution in [2.45, 2.75) is 4.90 Å². The van der Waals surface area contributed by atoms with Gasteiger partial charge in [-0.3, -0.25) is 0 Å². The number of benzene rings is 3. The van der Waals surface area contributed by atoms with Crippen LogP contribution < -0.4 is 0 Å². The maximum atomic E-state index is 4.97. The molecule has 0 saturated carbocycles. The molecule has 0 aliphatic carbocycles. The quantitative estimate of drug-likeness (QED) is 0.212. The highest BCUT2D eigenvalue weighted by Gasteiger charge is 2.11. The molecule has 0 fully saturated rings. The fourth-order valence-electron chi connectivity index (χ4n) is 3.69. The number of nitrogens with zero attached hydrogens (tertiary/aromatic N) is 4. The minimum Gasteiger partial charge on any atom is -0.237 e. The van der Waals surface area contributed by atoms with Crippen molar-refractivity contribution in [2.24, 2.45) is 4.99 Å². The molecule has 0 aliphatic rings. The highest BCUT2D eigenvalue weighted by Crippen LogP contribution is 2.27. The normalized spacial score (nSPS) is 10.7. The first-order chi connectivity index (χ1) is 16.3. The van der Waals surface area contributed by atoms with Gasteiger partial charge in [-0.2, -0.15) is 5.10 Å². The number of aromatic nitrogens is 3. The molecule has 4 nitrogen and oxygen atoms in total. The van der Waals surface area contributed by atoms with Gasteiger partial charge in [0.1, 0.15) is 0 Å². The molecule has 0 radical (unpaired) electrons. The third-order valence-electron chi connectivity index (χ3n) is 5.32. The molecular formula is C28H22N4S. The zero-order chi connectivity index (χ0) is 22.5. The Morgan fingerprint density at radius 3 is 2.06 bits per heavy atom. The second-order valence-electron chi connectivity index (χ2n) is 7.42. The van der Waals surface area contributed by atoms with E-state index in [1.54, 1.807) is 18.0 Å².